The molecule has 2 aromatic carbocycles. The standard InChI is InChI=1S/C25H23NO6/c1-15-24-17(12-26(14-31-24)13-18-5-4-8-30-18)11-19-23(27)22(32-25(15)19)10-16-6-7-20(28-2)21(9-16)29-3/h4-11H,12-14H2,1-3H3. The Morgan fingerprint density at radius 3 is 2.69 bits per heavy atom. The van der Waals surface area contributed by atoms with Gasteiger partial charge in [-0.05, 0) is 48.9 Å². The predicted octanol–water partition coefficient (Wildman–Crippen LogP) is 4.57. The highest BCUT2D eigenvalue weighted by Crippen LogP contribution is 2.43. The Labute approximate surface area is 185 Å². The molecule has 7 heteroatoms. The van der Waals surface area contributed by atoms with E-state index in [-0.39, 0.29) is 11.5 Å². The summed E-state index contributed by atoms with van der Waals surface area (Å²) in [7, 11) is 3.16. The molecule has 32 heavy (non-hydrogen) atoms. The minimum atomic E-state index is -0.149. The molecule has 0 saturated carbocycles. The number of rotatable bonds is 5. The number of fused-ring (bicyclic) bond motifs is 2. The summed E-state index contributed by atoms with van der Waals surface area (Å²) in [4.78, 5) is 15.3. The fourth-order valence-electron chi connectivity index (χ4n) is 4.11. The van der Waals surface area contributed by atoms with Gasteiger partial charge in [-0.2, -0.15) is 0 Å². The van der Waals surface area contributed by atoms with Crippen LogP contribution in [0.15, 0.2) is 52.8 Å². The van der Waals surface area contributed by atoms with Crippen molar-refractivity contribution < 1.29 is 28.2 Å². The van der Waals surface area contributed by atoms with E-state index in [0.717, 1.165) is 28.2 Å². The Hall–Kier alpha value is -3.71. The van der Waals surface area contributed by atoms with E-state index in [4.69, 9.17) is 23.4 Å². The van der Waals surface area contributed by atoms with Crippen molar-refractivity contribution in [2.24, 2.45) is 0 Å². The Kier molecular flexibility index (Phi) is 5.11. The number of carbonyl (C=O) groups excluding carboxylic acids is 1. The van der Waals surface area contributed by atoms with E-state index in [2.05, 4.69) is 4.90 Å². The molecule has 2 aliphatic heterocycles. The molecule has 164 valence electrons. The van der Waals surface area contributed by atoms with Gasteiger partial charge in [0.2, 0.25) is 5.78 Å². The summed E-state index contributed by atoms with van der Waals surface area (Å²) in [6.07, 6.45) is 3.38. The van der Waals surface area contributed by atoms with Crippen LogP contribution in [-0.2, 0) is 13.1 Å². The molecule has 0 bridgehead atoms. The highest BCUT2D eigenvalue weighted by molar-refractivity contribution is 6.15. The number of ketones is 1. The lowest BCUT2D eigenvalue weighted by atomic mass is 10.00. The average Bonchev–Trinajstić information content (AvgIpc) is 3.42. The van der Waals surface area contributed by atoms with Crippen LogP contribution in [-0.4, -0.2) is 31.6 Å². The lowest BCUT2D eigenvalue weighted by molar-refractivity contribution is 0.0813. The number of methoxy groups -OCH3 is 2. The van der Waals surface area contributed by atoms with E-state index in [1.165, 1.54) is 0 Å². The molecule has 0 aliphatic carbocycles. The first-order chi connectivity index (χ1) is 15.6. The van der Waals surface area contributed by atoms with E-state index >= 15 is 0 Å². The molecule has 5 rings (SSSR count). The van der Waals surface area contributed by atoms with Gasteiger partial charge in [0.1, 0.15) is 24.0 Å². The Morgan fingerprint density at radius 2 is 1.94 bits per heavy atom. The van der Waals surface area contributed by atoms with Crippen LogP contribution in [0.4, 0.5) is 0 Å². The van der Waals surface area contributed by atoms with Crippen LogP contribution in [0.2, 0.25) is 0 Å². The number of hydrogen-bond acceptors (Lipinski definition) is 7. The molecule has 0 unspecified atom stereocenters. The fraction of sp³-hybridized carbons (Fsp3) is 0.240. The minimum absolute atomic E-state index is 0.149. The molecular formula is C25H23NO6. The maximum atomic E-state index is 13.1. The number of hydrogen-bond donors (Lipinski definition) is 0. The third-order valence-corrected chi connectivity index (χ3v) is 5.67. The van der Waals surface area contributed by atoms with Crippen LogP contribution < -0.4 is 18.9 Å². The van der Waals surface area contributed by atoms with Crippen LogP contribution in [0, 0.1) is 6.92 Å². The van der Waals surface area contributed by atoms with Crippen LogP contribution in [0.3, 0.4) is 0 Å². The van der Waals surface area contributed by atoms with Gasteiger partial charge in [-0.1, -0.05) is 6.07 Å². The van der Waals surface area contributed by atoms with Crippen molar-refractivity contribution in [2.75, 3.05) is 21.0 Å². The predicted molar refractivity (Wildman–Crippen MR) is 117 cm³/mol. The molecule has 0 radical (unpaired) electrons. The van der Waals surface area contributed by atoms with Crippen LogP contribution >= 0.6 is 0 Å². The lowest BCUT2D eigenvalue weighted by Crippen LogP contribution is -2.31. The van der Waals surface area contributed by atoms with E-state index in [0.29, 0.717) is 42.6 Å². The third-order valence-electron chi connectivity index (χ3n) is 5.67. The molecule has 0 spiro atoms. The number of nitrogens with zero attached hydrogens (tertiary/aromatic N) is 1. The monoisotopic (exact) mass is 433 g/mol. The van der Waals surface area contributed by atoms with Crippen molar-refractivity contribution in [3.05, 3.63) is 76.4 Å². The van der Waals surface area contributed by atoms with Gasteiger partial charge >= 0.3 is 0 Å². The molecule has 3 heterocycles. The normalized spacial score (nSPS) is 16.3. The molecule has 0 saturated heterocycles. The van der Waals surface area contributed by atoms with Crippen LogP contribution in [0.5, 0.6) is 23.0 Å². The number of Topliss-reactive ketones (excluding diaryl/α,β-unsaturated/α-hetero) is 1. The van der Waals surface area contributed by atoms with Crippen molar-refractivity contribution in [3.63, 3.8) is 0 Å². The van der Waals surface area contributed by atoms with Gasteiger partial charge in [0.05, 0.1) is 32.6 Å². The Balaban J connectivity index is 1.43. The van der Waals surface area contributed by atoms with Gasteiger partial charge in [-0.15, -0.1) is 0 Å². The molecule has 3 aromatic rings. The summed E-state index contributed by atoms with van der Waals surface area (Å²) in [5, 5.41) is 0. The molecule has 2 aliphatic rings. The lowest BCUT2D eigenvalue weighted by Gasteiger charge is -2.29. The first kappa shape index (κ1) is 20.2. The number of carbonyl (C=O) groups is 1. The zero-order valence-corrected chi connectivity index (χ0v) is 18.1. The summed E-state index contributed by atoms with van der Waals surface area (Å²) in [6.45, 7) is 3.66. The molecule has 0 amide bonds. The zero-order valence-electron chi connectivity index (χ0n) is 18.1. The number of benzene rings is 2. The number of allylic oxidation sites excluding steroid dienone is 1. The van der Waals surface area contributed by atoms with Crippen molar-refractivity contribution in [2.45, 2.75) is 20.0 Å². The average molecular weight is 433 g/mol. The Bertz CT molecular complexity index is 1210. The summed E-state index contributed by atoms with van der Waals surface area (Å²) < 4.78 is 28.1. The highest BCUT2D eigenvalue weighted by Gasteiger charge is 2.33. The maximum Gasteiger partial charge on any atom is 0.231 e. The molecular weight excluding hydrogens is 410 g/mol. The van der Waals surface area contributed by atoms with Crippen molar-refractivity contribution in [3.8, 4) is 23.0 Å². The third kappa shape index (κ3) is 3.50. The molecule has 0 atom stereocenters. The molecule has 7 nitrogen and oxygen atoms in total. The topological polar surface area (TPSA) is 70.4 Å². The van der Waals surface area contributed by atoms with Gasteiger partial charge in [0, 0.05) is 17.7 Å². The van der Waals surface area contributed by atoms with E-state index in [1.54, 1.807) is 38.7 Å². The second-order valence-electron chi connectivity index (χ2n) is 7.76. The fourth-order valence-corrected chi connectivity index (χ4v) is 4.11. The van der Waals surface area contributed by atoms with Crippen LogP contribution in [0.25, 0.3) is 6.08 Å². The second-order valence-corrected chi connectivity index (χ2v) is 7.76. The quantitative estimate of drug-likeness (QED) is 0.546. The van der Waals surface area contributed by atoms with E-state index in [1.807, 2.05) is 31.2 Å². The smallest absolute Gasteiger partial charge is 0.231 e. The maximum absolute atomic E-state index is 13.1. The molecule has 0 N–H and O–H groups in total. The minimum Gasteiger partial charge on any atom is -0.493 e. The Morgan fingerprint density at radius 1 is 1.09 bits per heavy atom. The van der Waals surface area contributed by atoms with Gasteiger partial charge in [0.15, 0.2) is 17.3 Å². The highest BCUT2D eigenvalue weighted by atomic mass is 16.5. The van der Waals surface area contributed by atoms with E-state index < -0.39 is 0 Å². The number of ether oxygens (including phenoxy) is 4. The van der Waals surface area contributed by atoms with Crippen molar-refractivity contribution in [1.29, 1.82) is 0 Å². The zero-order chi connectivity index (χ0) is 22.2. The first-order valence-corrected chi connectivity index (χ1v) is 10.3. The largest absolute Gasteiger partial charge is 0.493 e. The van der Waals surface area contributed by atoms with Crippen molar-refractivity contribution in [1.82, 2.24) is 4.90 Å². The second kappa shape index (κ2) is 8.09. The van der Waals surface area contributed by atoms with Crippen LogP contribution in [0.1, 0.15) is 32.8 Å². The summed E-state index contributed by atoms with van der Waals surface area (Å²) >= 11 is 0. The summed E-state index contributed by atoms with van der Waals surface area (Å²) in [6, 6.07) is 11.1. The summed E-state index contributed by atoms with van der Waals surface area (Å²) in [5.41, 5.74) is 3.13. The van der Waals surface area contributed by atoms with Gasteiger partial charge in [0.25, 0.3) is 0 Å². The van der Waals surface area contributed by atoms with Crippen molar-refractivity contribution >= 4 is 11.9 Å². The molecule has 1 aromatic heterocycles. The van der Waals surface area contributed by atoms with Gasteiger partial charge < -0.3 is 23.4 Å². The van der Waals surface area contributed by atoms with Gasteiger partial charge in [-0.3, -0.25) is 9.69 Å². The first-order valence-electron chi connectivity index (χ1n) is 10.3. The summed E-state index contributed by atoms with van der Waals surface area (Å²) in [5.74, 6) is 3.53. The molecule has 0 fully saturated rings. The van der Waals surface area contributed by atoms with Gasteiger partial charge in [-0.25, -0.2) is 0 Å². The van der Waals surface area contributed by atoms with E-state index in [9.17, 15) is 4.79 Å². The SMILES string of the molecule is COc1ccc(C=C2Oc3c(cc4c(c3C)OCN(Cc3ccco3)C4)C2=O)cc1OC. The number of furan rings is 1.